The highest BCUT2D eigenvalue weighted by Crippen LogP contribution is 2.28. The Balaban J connectivity index is 1.62. The molecule has 7 heteroatoms. The Morgan fingerprint density at radius 2 is 1.53 bits per heavy atom. The van der Waals surface area contributed by atoms with Crippen LogP contribution in [0.25, 0.3) is 23.0 Å². The highest BCUT2D eigenvalue weighted by Gasteiger charge is 2.23. The molecule has 5 rings (SSSR count). The van der Waals surface area contributed by atoms with Gasteiger partial charge in [-0.2, -0.15) is 5.26 Å². The van der Waals surface area contributed by atoms with E-state index in [-0.39, 0.29) is 0 Å². The molecule has 0 aliphatic carbocycles. The number of ether oxygens (including phenoxy) is 1. The number of nitrogens with zero attached hydrogens (tertiary/aromatic N) is 6. The van der Waals surface area contributed by atoms with Crippen LogP contribution < -0.4 is 4.90 Å². The fourth-order valence-corrected chi connectivity index (χ4v) is 4.44. The molecule has 1 aliphatic rings. The van der Waals surface area contributed by atoms with E-state index in [0.29, 0.717) is 24.6 Å². The lowest BCUT2D eigenvalue weighted by molar-refractivity contribution is 0.122. The summed E-state index contributed by atoms with van der Waals surface area (Å²) >= 11 is 0. The topological polar surface area (TPSA) is 71.9 Å². The summed E-state index contributed by atoms with van der Waals surface area (Å²) in [7, 11) is 0. The first-order valence-corrected chi connectivity index (χ1v) is 11.4. The zero-order chi connectivity index (χ0) is 23.5. The number of anilines is 1. The molecule has 0 unspecified atom stereocenters. The van der Waals surface area contributed by atoms with E-state index in [1.54, 1.807) is 0 Å². The average molecular weight is 451 g/mol. The molecule has 0 spiro atoms. The van der Waals surface area contributed by atoms with Crippen molar-refractivity contribution in [1.82, 2.24) is 19.3 Å². The maximum atomic E-state index is 10.2. The van der Waals surface area contributed by atoms with Gasteiger partial charge in [0.25, 0.3) is 0 Å². The summed E-state index contributed by atoms with van der Waals surface area (Å²) in [6.07, 6.45) is 1.91. The highest BCUT2D eigenvalue weighted by atomic mass is 16.5. The summed E-state index contributed by atoms with van der Waals surface area (Å²) in [5.41, 5.74) is 5.62. The van der Waals surface area contributed by atoms with Gasteiger partial charge in [0.05, 0.1) is 24.5 Å². The van der Waals surface area contributed by atoms with Gasteiger partial charge in [-0.25, -0.2) is 0 Å². The number of rotatable bonds is 5. The predicted molar refractivity (Wildman–Crippen MR) is 133 cm³/mol. The van der Waals surface area contributed by atoms with Gasteiger partial charge in [0.1, 0.15) is 6.07 Å². The maximum absolute atomic E-state index is 10.2. The quantitative estimate of drug-likeness (QED) is 0.416. The summed E-state index contributed by atoms with van der Waals surface area (Å²) in [5, 5.41) is 19.2. The molecule has 34 heavy (non-hydrogen) atoms. The molecular weight excluding hydrogens is 424 g/mol. The van der Waals surface area contributed by atoms with E-state index in [9.17, 15) is 5.26 Å². The van der Waals surface area contributed by atoms with Crippen LogP contribution in [-0.2, 0) is 4.74 Å². The number of morpholine rings is 1. The largest absolute Gasteiger partial charge is 0.378 e. The van der Waals surface area contributed by atoms with Gasteiger partial charge < -0.3 is 14.2 Å². The molecule has 0 bridgehead atoms. The van der Waals surface area contributed by atoms with E-state index < -0.39 is 0 Å². The second kappa shape index (κ2) is 9.38. The smallest absolute Gasteiger partial charge is 0.232 e. The van der Waals surface area contributed by atoms with Gasteiger partial charge in [-0.1, -0.05) is 36.4 Å². The molecule has 3 heterocycles. The van der Waals surface area contributed by atoms with Gasteiger partial charge in [0.15, 0.2) is 5.82 Å². The third kappa shape index (κ3) is 4.00. The first kappa shape index (κ1) is 21.7. The van der Waals surface area contributed by atoms with E-state index in [1.165, 1.54) is 0 Å². The van der Waals surface area contributed by atoms with Crippen LogP contribution in [0.5, 0.6) is 0 Å². The maximum Gasteiger partial charge on any atom is 0.232 e. The number of benzene rings is 2. The van der Waals surface area contributed by atoms with Crippen molar-refractivity contribution in [2.75, 3.05) is 31.2 Å². The first-order chi connectivity index (χ1) is 16.7. The first-order valence-electron chi connectivity index (χ1n) is 11.4. The molecule has 0 atom stereocenters. The molecule has 0 amide bonds. The van der Waals surface area contributed by atoms with Crippen LogP contribution in [0.4, 0.5) is 5.95 Å². The summed E-state index contributed by atoms with van der Waals surface area (Å²) in [4.78, 5) is 2.16. The molecule has 1 saturated heterocycles. The normalized spacial score (nSPS) is 14.3. The van der Waals surface area contributed by atoms with Crippen LogP contribution in [0.1, 0.15) is 22.8 Å². The molecule has 7 nitrogen and oxygen atoms in total. The van der Waals surface area contributed by atoms with Crippen molar-refractivity contribution in [2.45, 2.75) is 13.8 Å². The third-order valence-corrected chi connectivity index (χ3v) is 6.10. The minimum atomic E-state index is 0.462. The van der Waals surface area contributed by atoms with E-state index >= 15 is 0 Å². The fourth-order valence-electron chi connectivity index (χ4n) is 4.44. The van der Waals surface area contributed by atoms with Crippen molar-refractivity contribution in [1.29, 1.82) is 5.26 Å². The van der Waals surface area contributed by atoms with Gasteiger partial charge in [0.2, 0.25) is 5.95 Å². The Morgan fingerprint density at radius 1 is 0.912 bits per heavy atom. The van der Waals surface area contributed by atoms with Gasteiger partial charge in [0, 0.05) is 30.2 Å². The van der Waals surface area contributed by atoms with Gasteiger partial charge in [-0.05, 0) is 55.8 Å². The number of hydrogen-bond donors (Lipinski definition) is 0. The monoisotopic (exact) mass is 450 g/mol. The number of allylic oxidation sites excluding steroid dienone is 1. The zero-order valence-corrected chi connectivity index (χ0v) is 19.3. The van der Waals surface area contributed by atoms with Crippen molar-refractivity contribution in [2.24, 2.45) is 0 Å². The molecule has 2 aromatic heterocycles. The number of aromatic nitrogens is 4. The predicted octanol–water partition coefficient (Wildman–Crippen LogP) is 4.58. The van der Waals surface area contributed by atoms with E-state index in [2.05, 4.69) is 57.8 Å². The Bertz CT molecular complexity index is 1360. The summed E-state index contributed by atoms with van der Waals surface area (Å²) in [6, 6.07) is 24.6. The lowest BCUT2D eigenvalue weighted by atomic mass is 10.1. The molecule has 0 N–H and O–H groups in total. The molecule has 1 aliphatic heterocycles. The van der Waals surface area contributed by atoms with E-state index in [4.69, 9.17) is 4.74 Å². The van der Waals surface area contributed by atoms with E-state index in [1.807, 2.05) is 59.2 Å². The second-order valence-corrected chi connectivity index (χ2v) is 8.26. The summed E-state index contributed by atoms with van der Waals surface area (Å²) in [5.74, 6) is 1.25. The molecule has 0 radical (unpaired) electrons. The number of hydrogen-bond acceptors (Lipinski definition) is 5. The van der Waals surface area contributed by atoms with Crippen molar-refractivity contribution in [3.63, 3.8) is 0 Å². The Hall–Kier alpha value is -4.15. The molecule has 4 aromatic rings. The molecule has 170 valence electrons. The van der Waals surface area contributed by atoms with Crippen LogP contribution in [-0.4, -0.2) is 45.6 Å². The molecular formula is C27H26N6O. The minimum absolute atomic E-state index is 0.462. The van der Waals surface area contributed by atoms with Gasteiger partial charge >= 0.3 is 0 Å². The Labute approximate surface area is 199 Å². The van der Waals surface area contributed by atoms with Gasteiger partial charge in [-0.15, -0.1) is 10.2 Å². The van der Waals surface area contributed by atoms with Gasteiger partial charge in [-0.3, -0.25) is 4.57 Å². The Morgan fingerprint density at radius 3 is 2.15 bits per heavy atom. The van der Waals surface area contributed by atoms with Crippen molar-refractivity contribution in [3.8, 4) is 17.4 Å². The lowest BCUT2D eigenvalue weighted by Gasteiger charge is -2.28. The van der Waals surface area contributed by atoms with Crippen LogP contribution in [0.3, 0.4) is 0 Å². The Kier molecular flexibility index (Phi) is 5.98. The lowest BCUT2D eigenvalue weighted by Crippen LogP contribution is -2.38. The molecule has 0 saturated carbocycles. The third-order valence-electron chi connectivity index (χ3n) is 6.10. The van der Waals surface area contributed by atoms with Crippen LogP contribution in [0.15, 0.2) is 66.7 Å². The van der Waals surface area contributed by atoms with Crippen molar-refractivity contribution < 1.29 is 4.74 Å². The van der Waals surface area contributed by atoms with Crippen LogP contribution in [0, 0.1) is 25.2 Å². The van der Waals surface area contributed by atoms with Crippen molar-refractivity contribution in [3.05, 3.63) is 89.5 Å². The highest BCUT2D eigenvalue weighted by molar-refractivity contribution is 5.88. The number of nitriles is 1. The number of aryl methyl sites for hydroxylation is 1. The molecule has 1 fully saturated rings. The SMILES string of the molecule is Cc1cc(C=C(C#N)c2nnc(N3CCOCC3)n2-c2ccccc2)c(C)n1-c1ccccc1. The summed E-state index contributed by atoms with van der Waals surface area (Å²) < 4.78 is 9.68. The van der Waals surface area contributed by atoms with Crippen LogP contribution in [0.2, 0.25) is 0 Å². The minimum Gasteiger partial charge on any atom is -0.378 e. The zero-order valence-electron chi connectivity index (χ0n) is 19.3. The molecule has 2 aromatic carbocycles. The number of para-hydroxylation sites is 2. The van der Waals surface area contributed by atoms with Crippen LogP contribution >= 0.6 is 0 Å². The fraction of sp³-hybridized carbons (Fsp3) is 0.222. The standard InChI is InChI=1S/C27H26N6O/c1-20-17-22(21(2)32(20)24-9-5-3-6-10-24)18-23(19-28)26-29-30-27(31-13-15-34-16-14-31)33(26)25-11-7-4-8-12-25/h3-12,17-18H,13-16H2,1-2H3. The average Bonchev–Trinajstić information content (AvgIpc) is 3.44. The second-order valence-electron chi connectivity index (χ2n) is 8.26. The van der Waals surface area contributed by atoms with Crippen molar-refractivity contribution >= 4 is 17.6 Å². The van der Waals surface area contributed by atoms with E-state index in [0.717, 1.165) is 47.4 Å². The summed E-state index contributed by atoms with van der Waals surface area (Å²) in [6.45, 7) is 6.89.